The van der Waals surface area contributed by atoms with Crippen LogP contribution in [0.25, 0.3) is 10.4 Å². The second kappa shape index (κ2) is 2.17. The van der Waals surface area contributed by atoms with Gasteiger partial charge in [-0.15, -0.1) is 11.3 Å². The first kappa shape index (κ1) is 6.38. The van der Waals surface area contributed by atoms with Gasteiger partial charge in [0.2, 0.25) is 0 Å². The maximum Gasteiger partial charge on any atom is 0.0534 e. The fourth-order valence-electron chi connectivity index (χ4n) is 1.68. The normalized spacial score (nSPS) is 12.7. The number of hydrogen-bond acceptors (Lipinski definition) is 2. The number of fused-ring (bicyclic) bond motifs is 3. The molecule has 2 aromatic rings. The van der Waals surface area contributed by atoms with E-state index in [9.17, 15) is 0 Å². The number of aromatic nitrogens is 1. The minimum Gasteiger partial charge on any atom is -0.260 e. The summed E-state index contributed by atoms with van der Waals surface area (Å²) >= 11 is 1.81. The lowest BCUT2D eigenvalue weighted by Gasteiger charge is -1.94. The molecule has 0 radical (unpaired) electrons. The van der Waals surface area contributed by atoms with Gasteiger partial charge >= 0.3 is 0 Å². The topological polar surface area (TPSA) is 12.9 Å². The van der Waals surface area contributed by atoms with E-state index in [1.807, 2.05) is 23.6 Å². The summed E-state index contributed by atoms with van der Waals surface area (Å²) < 4.78 is 0. The zero-order valence-corrected chi connectivity index (χ0v) is 7.27. The molecule has 1 aliphatic rings. The highest BCUT2D eigenvalue weighted by Crippen LogP contribution is 2.38. The predicted molar refractivity (Wildman–Crippen MR) is 50.4 cm³/mol. The van der Waals surface area contributed by atoms with E-state index >= 15 is 0 Å². The molecule has 2 aromatic heterocycles. The van der Waals surface area contributed by atoms with Gasteiger partial charge in [-0.2, -0.15) is 0 Å². The van der Waals surface area contributed by atoms with Crippen molar-refractivity contribution in [2.24, 2.45) is 0 Å². The Bertz CT molecular complexity index is 431. The van der Waals surface area contributed by atoms with Crippen molar-refractivity contribution in [2.45, 2.75) is 6.42 Å². The van der Waals surface area contributed by atoms with Gasteiger partial charge in [0.05, 0.1) is 5.69 Å². The number of hydrogen-bond donors (Lipinski definition) is 0. The Hall–Kier alpha value is -1.15. The number of nitrogens with zero attached hydrogens (tertiary/aromatic N) is 1. The molecule has 0 aliphatic heterocycles. The molecular weight excluding hydrogens is 166 g/mol. The monoisotopic (exact) mass is 173 g/mol. The molecule has 2 heteroatoms. The molecule has 3 rings (SSSR count). The first-order valence-corrected chi connectivity index (χ1v) is 4.84. The molecule has 1 nitrogen and oxygen atoms in total. The molecule has 0 fully saturated rings. The summed E-state index contributed by atoms with van der Waals surface area (Å²) in [6.45, 7) is 0. The Morgan fingerprint density at radius 2 is 2.33 bits per heavy atom. The van der Waals surface area contributed by atoms with Gasteiger partial charge in [-0.1, -0.05) is 6.07 Å². The van der Waals surface area contributed by atoms with Crippen LogP contribution in [0.2, 0.25) is 0 Å². The van der Waals surface area contributed by atoms with Gasteiger partial charge in [0.1, 0.15) is 0 Å². The Labute approximate surface area is 74.7 Å². The first-order valence-electron chi connectivity index (χ1n) is 3.96. The fraction of sp³-hybridized carbons (Fsp3) is 0.100. The Balaban J connectivity index is 2.34. The van der Waals surface area contributed by atoms with E-state index in [4.69, 9.17) is 0 Å². The van der Waals surface area contributed by atoms with Gasteiger partial charge in [-0.05, 0) is 23.1 Å². The van der Waals surface area contributed by atoms with Crippen molar-refractivity contribution in [3.8, 4) is 10.4 Å². The molecule has 2 heterocycles. The number of rotatable bonds is 0. The highest BCUT2D eigenvalue weighted by molar-refractivity contribution is 7.13. The van der Waals surface area contributed by atoms with Gasteiger partial charge in [0.25, 0.3) is 0 Å². The molecule has 0 N–H and O–H groups in total. The molecule has 0 amide bonds. The molecule has 0 spiro atoms. The standard InChI is InChI=1S/C10H7NS/c1-2-8-9(11-4-1)6-7-3-5-12-10(7)8/h1-5H,6H2. The van der Waals surface area contributed by atoms with E-state index in [1.54, 1.807) is 0 Å². The molecule has 0 saturated carbocycles. The lowest BCUT2D eigenvalue weighted by molar-refractivity contribution is 1.12. The summed E-state index contributed by atoms with van der Waals surface area (Å²) in [6.07, 6.45) is 2.89. The van der Waals surface area contributed by atoms with Gasteiger partial charge < -0.3 is 0 Å². The molecule has 12 heavy (non-hydrogen) atoms. The minimum absolute atomic E-state index is 1.02. The third kappa shape index (κ3) is 0.703. The highest BCUT2D eigenvalue weighted by Gasteiger charge is 2.19. The Morgan fingerprint density at radius 3 is 3.33 bits per heavy atom. The van der Waals surface area contributed by atoms with Crippen molar-refractivity contribution in [3.05, 3.63) is 41.0 Å². The van der Waals surface area contributed by atoms with E-state index in [0.29, 0.717) is 0 Å². The maximum atomic E-state index is 4.35. The summed E-state index contributed by atoms with van der Waals surface area (Å²) in [4.78, 5) is 5.77. The fourth-order valence-corrected chi connectivity index (χ4v) is 2.65. The Morgan fingerprint density at radius 1 is 1.33 bits per heavy atom. The van der Waals surface area contributed by atoms with Gasteiger partial charge in [-0.25, -0.2) is 0 Å². The van der Waals surface area contributed by atoms with Crippen molar-refractivity contribution < 1.29 is 0 Å². The molecule has 0 bridgehead atoms. The van der Waals surface area contributed by atoms with E-state index in [2.05, 4.69) is 22.5 Å². The molecule has 1 aliphatic carbocycles. The second-order valence-corrected chi connectivity index (χ2v) is 3.87. The molecule has 0 unspecified atom stereocenters. The van der Waals surface area contributed by atoms with Crippen molar-refractivity contribution in [1.82, 2.24) is 4.98 Å². The molecule has 0 atom stereocenters. The van der Waals surface area contributed by atoms with Crippen molar-refractivity contribution in [3.63, 3.8) is 0 Å². The summed E-state index contributed by atoms with van der Waals surface area (Å²) in [7, 11) is 0. The second-order valence-electron chi connectivity index (χ2n) is 2.95. The SMILES string of the molecule is c1cnc2c(c1)-c1sccc1C2. The van der Waals surface area contributed by atoms with Crippen molar-refractivity contribution in [2.75, 3.05) is 0 Å². The largest absolute Gasteiger partial charge is 0.260 e. The summed E-state index contributed by atoms with van der Waals surface area (Å²) in [5.74, 6) is 0. The summed E-state index contributed by atoms with van der Waals surface area (Å²) in [5.41, 5.74) is 4.01. The van der Waals surface area contributed by atoms with Crippen LogP contribution in [0.1, 0.15) is 11.3 Å². The smallest absolute Gasteiger partial charge is 0.0534 e. The van der Waals surface area contributed by atoms with Gasteiger partial charge in [0.15, 0.2) is 0 Å². The zero-order valence-electron chi connectivity index (χ0n) is 6.45. The van der Waals surface area contributed by atoms with Gasteiger partial charge in [-0.3, -0.25) is 4.98 Å². The highest BCUT2D eigenvalue weighted by atomic mass is 32.1. The first-order chi connectivity index (χ1) is 5.95. The molecule has 0 aromatic carbocycles. The minimum atomic E-state index is 1.02. The predicted octanol–water partition coefficient (Wildman–Crippen LogP) is 2.71. The summed E-state index contributed by atoms with van der Waals surface area (Å²) in [6, 6.07) is 6.36. The van der Waals surface area contributed by atoms with E-state index in [1.165, 1.54) is 21.7 Å². The van der Waals surface area contributed by atoms with Crippen LogP contribution in [0.15, 0.2) is 29.8 Å². The average Bonchev–Trinajstić information content (AvgIpc) is 2.62. The van der Waals surface area contributed by atoms with Crippen LogP contribution in [-0.2, 0) is 6.42 Å². The number of pyridine rings is 1. The Kier molecular flexibility index (Phi) is 1.15. The molecule has 0 saturated heterocycles. The van der Waals surface area contributed by atoms with Crippen LogP contribution < -0.4 is 0 Å². The summed E-state index contributed by atoms with van der Waals surface area (Å²) in [5, 5.41) is 2.15. The van der Waals surface area contributed by atoms with Crippen LogP contribution in [0.5, 0.6) is 0 Å². The third-order valence-electron chi connectivity index (χ3n) is 2.24. The number of thiophene rings is 1. The molecule has 58 valence electrons. The molecular formula is C10H7NS. The third-order valence-corrected chi connectivity index (χ3v) is 3.23. The van der Waals surface area contributed by atoms with Crippen LogP contribution in [0, 0.1) is 0 Å². The van der Waals surface area contributed by atoms with Crippen LogP contribution in [0.3, 0.4) is 0 Å². The van der Waals surface area contributed by atoms with Crippen molar-refractivity contribution in [1.29, 1.82) is 0 Å². The lowest BCUT2D eigenvalue weighted by Crippen LogP contribution is -1.83. The van der Waals surface area contributed by atoms with Crippen LogP contribution in [-0.4, -0.2) is 4.98 Å². The average molecular weight is 173 g/mol. The zero-order chi connectivity index (χ0) is 7.97. The van der Waals surface area contributed by atoms with Crippen LogP contribution >= 0.6 is 11.3 Å². The van der Waals surface area contributed by atoms with E-state index in [-0.39, 0.29) is 0 Å². The maximum absolute atomic E-state index is 4.35. The van der Waals surface area contributed by atoms with Gasteiger partial charge in [0, 0.05) is 23.1 Å². The van der Waals surface area contributed by atoms with Crippen LogP contribution in [0.4, 0.5) is 0 Å². The van der Waals surface area contributed by atoms with E-state index < -0.39 is 0 Å². The van der Waals surface area contributed by atoms with E-state index in [0.717, 1.165) is 6.42 Å². The van der Waals surface area contributed by atoms with Crippen molar-refractivity contribution >= 4 is 11.3 Å². The quantitative estimate of drug-likeness (QED) is 0.509. The lowest BCUT2D eigenvalue weighted by atomic mass is 10.2.